The molecule has 0 bridgehead atoms. The number of carboxylic acid groups (broad SMARTS) is 1. The number of carboxylic acids is 1. The van der Waals surface area contributed by atoms with Crippen LogP contribution >= 0.6 is 0 Å². The molecule has 1 heterocycles. The summed E-state index contributed by atoms with van der Waals surface area (Å²) in [6.45, 7) is 5.75. The Bertz CT molecular complexity index is 1660. The number of esters is 3. The van der Waals surface area contributed by atoms with Crippen LogP contribution in [0, 0.1) is 0 Å². The number of carbonyl (C=O) groups excluding carboxylic acids is 3. The molecule has 0 spiro atoms. The molecule has 0 aromatic carbocycles. The second-order valence-electron chi connectivity index (χ2n) is 20.6. The summed E-state index contributed by atoms with van der Waals surface area (Å²) in [7, 11) is 0. The first-order valence-corrected chi connectivity index (χ1v) is 30.6. The molecule has 0 aliphatic carbocycles. The second kappa shape index (κ2) is 52.6. The Labute approximate surface area is 467 Å². The molecule has 1 aliphatic rings. The van der Waals surface area contributed by atoms with Gasteiger partial charge in [0.2, 0.25) is 0 Å². The number of allylic oxidation sites excluding steroid dienone is 14. The highest BCUT2D eigenvalue weighted by Crippen LogP contribution is 2.26. The van der Waals surface area contributed by atoms with Crippen molar-refractivity contribution < 1.29 is 58.2 Å². The Kier molecular flexibility index (Phi) is 48.4. The van der Waals surface area contributed by atoms with Gasteiger partial charge in [-0.05, 0) is 89.9 Å². The van der Waals surface area contributed by atoms with E-state index < -0.39 is 67.3 Å². The van der Waals surface area contributed by atoms with Gasteiger partial charge in [0.1, 0.15) is 18.8 Å². The molecule has 12 nitrogen and oxygen atoms in total. The third-order valence-corrected chi connectivity index (χ3v) is 13.5. The van der Waals surface area contributed by atoms with E-state index in [4.69, 9.17) is 23.7 Å². The molecule has 0 radical (unpaired) electrons. The van der Waals surface area contributed by atoms with Crippen molar-refractivity contribution in [2.24, 2.45) is 0 Å². The summed E-state index contributed by atoms with van der Waals surface area (Å²) >= 11 is 0. The third-order valence-electron chi connectivity index (χ3n) is 13.5. The van der Waals surface area contributed by atoms with Crippen molar-refractivity contribution in [1.29, 1.82) is 0 Å². The summed E-state index contributed by atoms with van der Waals surface area (Å²) in [5.74, 6) is -3.16. The van der Waals surface area contributed by atoms with E-state index >= 15 is 0 Å². The average molecular weight is 1080 g/mol. The predicted molar refractivity (Wildman–Crippen MR) is 312 cm³/mol. The first-order chi connectivity index (χ1) is 37.6. The lowest BCUT2D eigenvalue weighted by Gasteiger charge is -2.40. The van der Waals surface area contributed by atoms with Crippen molar-refractivity contribution in [1.82, 2.24) is 0 Å². The number of unbranched alkanes of at least 4 members (excludes halogenated alkanes) is 23. The van der Waals surface area contributed by atoms with Gasteiger partial charge in [0.05, 0.1) is 6.61 Å². The summed E-state index contributed by atoms with van der Waals surface area (Å²) < 4.78 is 28.4. The highest BCUT2D eigenvalue weighted by molar-refractivity contribution is 5.74. The topological polar surface area (TPSA) is 175 Å². The van der Waals surface area contributed by atoms with Crippen LogP contribution in [0.1, 0.15) is 252 Å². The quantitative estimate of drug-likeness (QED) is 0.0228. The maximum Gasteiger partial charge on any atom is 0.335 e. The normalized spacial score (nSPS) is 18.6. The van der Waals surface area contributed by atoms with Gasteiger partial charge in [-0.3, -0.25) is 14.4 Å². The van der Waals surface area contributed by atoms with Crippen molar-refractivity contribution in [2.45, 2.75) is 289 Å². The van der Waals surface area contributed by atoms with Crippen molar-refractivity contribution in [2.75, 3.05) is 13.2 Å². The molecule has 6 unspecified atom stereocenters. The van der Waals surface area contributed by atoms with Gasteiger partial charge in [0.25, 0.3) is 0 Å². The number of ether oxygens (including phenoxy) is 5. The number of aliphatic hydroxyl groups excluding tert-OH is 2. The summed E-state index contributed by atoms with van der Waals surface area (Å²) in [5, 5.41) is 31.5. The molecule has 1 rings (SSSR count). The zero-order valence-electron chi connectivity index (χ0n) is 48.4. The monoisotopic (exact) mass is 1080 g/mol. The lowest BCUT2D eigenvalue weighted by Crippen LogP contribution is -2.61. The van der Waals surface area contributed by atoms with Crippen LogP contribution in [0.4, 0.5) is 0 Å². The average Bonchev–Trinajstić information content (AvgIpc) is 3.42. The molecule has 3 N–H and O–H groups in total. The van der Waals surface area contributed by atoms with Crippen molar-refractivity contribution in [3.8, 4) is 0 Å². The number of aliphatic hydroxyl groups is 2. The highest BCUT2D eigenvalue weighted by atomic mass is 16.7. The summed E-state index contributed by atoms with van der Waals surface area (Å²) in [6, 6.07) is 0. The molecule has 1 saturated heterocycles. The molecular formula is C65H108O12. The number of hydrogen-bond acceptors (Lipinski definition) is 11. The van der Waals surface area contributed by atoms with Gasteiger partial charge in [-0.2, -0.15) is 0 Å². The van der Waals surface area contributed by atoms with Crippen LogP contribution in [0.25, 0.3) is 0 Å². The van der Waals surface area contributed by atoms with E-state index in [0.717, 1.165) is 141 Å². The number of hydrogen-bond donors (Lipinski definition) is 3. The lowest BCUT2D eigenvalue weighted by atomic mass is 9.98. The van der Waals surface area contributed by atoms with Crippen LogP contribution < -0.4 is 0 Å². The van der Waals surface area contributed by atoms with E-state index in [2.05, 4.69) is 106 Å². The molecule has 0 aromatic heterocycles. The van der Waals surface area contributed by atoms with Crippen molar-refractivity contribution in [3.05, 3.63) is 85.1 Å². The molecule has 1 aliphatic heterocycles. The summed E-state index contributed by atoms with van der Waals surface area (Å²) in [5.41, 5.74) is 0. The molecule has 77 heavy (non-hydrogen) atoms. The summed E-state index contributed by atoms with van der Waals surface area (Å²) in [6.07, 6.45) is 55.5. The van der Waals surface area contributed by atoms with E-state index in [0.29, 0.717) is 19.3 Å². The Hall–Kier alpha value is -4.10. The maximum absolute atomic E-state index is 13.2. The fraction of sp³-hybridized carbons (Fsp3) is 0.723. The smallest absolute Gasteiger partial charge is 0.335 e. The minimum atomic E-state index is -1.91. The largest absolute Gasteiger partial charge is 0.479 e. The SMILES string of the molecule is CC/C=C\C/C=C\C/C=C\C/C=C\CCCCCCCCC(=O)OCC(COC1OC(C(=O)O)C(O)C(O)C1OC(=O)CCCCCCCCCCCCCCC)OC(=O)CCCCCCC/C=C\C/C=C\C/C=C\CC. The minimum absolute atomic E-state index is 0.0571. The van der Waals surface area contributed by atoms with Crippen LogP contribution in [0.3, 0.4) is 0 Å². The highest BCUT2D eigenvalue weighted by Gasteiger charge is 2.50. The molecule has 0 aromatic rings. The fourth-order valence-electron chi connectivity index (χ4n) is 8.84. The Morgan fingerprint density at radius 3 is 1.25 bits per heavy atom. The van der Waals surface area contributed by atoms with E-state index in [1.165, 1.54) is 51.4 Å². The van der Waals surface area contributed by atoms with Crippen molar-refractivity contribution >= 4 is 23.9 Å². The van der Waals surface area contributed by atoms with Gasteiger partial charge in [-0.25, -0.2) is 4.79 Å². The Morgan fingerprint density at radius 2 is 0.818 bits per heavy atom. The predicted octanol–water partition coefficient (Wildman–Crippen LogP) is 15.9. The van der Waals surface area contributed by atoms with Crippen LogP contribution in [0.2, 0.25) is 0 Å². The van der Waals surface area contributed by atoms with Gasteiger partial charge in [-0.1, -0.05) is 228 Å². The van der Waals surface area contributed by atoms with Crippen LogP contribution in [0.5, 0.6) is 0 Å². The fourth-order valence-corrected chi connectivity index (χ4v) is 8.84. The molecular weight excluding hydrogens is 973 g/mol. The molecule has 1 fully saturated rings. The second-order valence-corrected chi connectivity index (χ2v) is 20.6. The number of carbonyl (C=O) groups is 4. The van der Waals surface area contributed by atoms with E-state index in [9.17, 15) is 34.5 Å². The van der Waals surface area contributed by atoms with Gasteiger partial charge in [0.15, 0.2) is 24.6 Å². The zero-order valence-corrected chi connectivity index (χ0v) is 48.4. The third kappa shape index (κ3) is 42.5. The maximum atomic E-state index is 13.2. The standard InChI is InChI=1S/C65H108O12/c1-4-7-10-13-16-19-22-25-27-28-29-30-32-34-36-39-42-45-48-51-57(66)73-54-56(75-58(67)52-49-46-43-40-38-35-31-26-23-20-17-14-11-8-5-2)55-74-65-63(61(70)60(69)62(77-65)64(71)72)76-59(68)53-50-47-44-41-37-33-24-21-18-15-12-9-6-3/h7-8,10-11,16-17,19-20,25-27,29-31,56,60-63,65,69-70H,4-6,9,12-15,18,21-24,28,32-55H2,1-3H3,(H,71,72)/b10-7-,11-8-,19-16-,20-17-,27-25-,30-29-,31-26-. The molecule has 6 atom stereocenters. The lowest BCUT2D eigenvalue weighted by molar-refractivity contribution is -0.301. The zero-order chi connectivity index (χ0) is 56.1. The minimum Gasteiger partial charge on any atom is -0.479 e. The van der Waals surface area contributed by atoms with Gasteiger partial charge < -0.3 is 39.0 Å². The molecule has 0 saturated carbocycles. The first kappa shape index (κ1) is 70.9. The van der Waals surface area contributed by atoms with Gasteiger partial charge in [-0.15, -0.1) is 0 Å². The van der Waals surface area contributed by atoms with Crippen molar-refractivity contribution in [3.63, 3.8) is 0 Å². The van der Waals surface area contributed by atoms with Gasteiger partial charge in [0, 0.05) is 19.3 Å². The number of aliphatic carboxylic acids is 1. The summed E-state index contributed by atoms with van der Waals surface area (Å²) in [4.78, 5) is 51.2. The van der Waals surface area contributed by atoms with Crippen LogP contribution in [-0.4, -0.2) is 89.2 Å². The van der Waals surface area contributed by atoms with Crippen LogP contribution in [-0.2, 0) is 42.9 Å². The molecule has 0 amide bonds. The van der Waals surface area contributed by atoms with Crippen LogP contribution in [0.15, 0.2) is 85.1 Å². The number of rotatable bonds is 51. The van der Waals surface area contributed by atoms with E-state index in [1.807, 2.05) is 0 Å². The molecule has 440 valence electrons. The van der Waals surface area contributed by atoms with Gasteiger partial charge >= 0.3 is 23.9 Å². The molecule has 12 heteroatoms. The van der Waals surface area contributed by atoms with E-state index in [1.54, 1.807) is 0 Å². The first-order valence-electron chi connectivity index (χ1n) is 30.6. The Balaban J connectivity index is 2.69. The van der Waals surface area contributed by atoms with E-state index in [-0.39, 0.29) is 25.9 Å². The Morgan fingerprint density at radius 1 is 0.442 bits per heavy atom.